The van der Waals surface area contributed by atoms with Gasteiger partial charge in [-0.2, -0.15) is 18.4 Å². The Morgan fingerprint density at radius 3 is 2.50 bits per heavy atom. The van der Waals surface area contributed by atoms with Gasteiger partial charge in [0.1, 0.15) is 0 Å². The number of pyridine rings is 1. The third-order valence-corrected chi connectivity index (χ3v) is 6.50. The number of fused-ring (bicyclic) bond motifs is 1. The summed E-state index contributed by atoms with van der Waals surface area (Å²) in [4.78, 5) is 18.6. The fourth-order valence-electron chi connectivity index (χ4n) is 3.64. The number of hydrogen-bond donors (Lipinski definition) is 0. The average molecular weight is 465 g/mol. The monoisotopic (exact) mass is 465 g/mol. The molecular formula is C22H16F5N3OS. The largest absolute Gasteiger partial charge is 0.417 e. The van der Waals surface area contributed by atoms with Crippen LogP contribution >= 0.6 is 11.3 Å². The lowest BCUT2D eigenvalue weighted by Crippen LogP contribution is -2.42. The van der Waals surface area contributed by atoms with E-state index in [2.05, 4.69) is 4.98 Å². The minimum Gasteiger partial charge on any atom is -0.338 e. The summed E-state index contributed by atoms with van der Waals surface area (Å²) in [5, 5.41) is 9.22. The first-order chi connectivity index (χ1) is 15.1. The Morgan fingerprint density at radius 2 is 1.91 bits per heavy atom. The normalized spacial score (nSPS) is 16.2. The highest BCUT2D eigenvalue weighted by molar-refractivity contribution is 7.19. The second-order valence-electron chi connectivity index (χ2n) is 7.57. The zero-order valence-corrected chi connectivity index (χ0v) is 17.4. The number of carbonyl (C=O) groups is 1. The van der Waals surface area contributed by atoms with Crippen molar-refractivity contribution in [3.8, 4) is 17.3 Å². The van der Waals surface area contributed by atoms with Crippen LogP contribution in [0.15, 0.2) is 36.5 Å². The molecular weight excluding hydrogens is 449 g/mol. The molecule has 1 saturated heterocycles. The smallest absolute Gasteiger partial charge is 0.338 e. The fraction of sp³-hybridized carbons (Fsp3) is 0.318. The van der Waals surface area contributed by atoms with Gasteiger partial charge in [-0.25, -0.2) is 8.78 Å². The van der Waals surface area contributed by atoms with Gasteiger partial charge in [0.15, 0.2) is 0 Å². The number of carbonyl (C=O) groups excluding carboxylic acids is 1. The Balaban J connectivity index is 1.64. The Labute approximate surface area is 183 Å². The first-order valence-corrected chi connectivity index (χ1v) is 10.5. The maximum atomic E-state index is 13.7. The molecule has 0 saturated carbocycles. The van der Waals surface area contributed by atoms with Crippen LogP contribution in [0, 0.1) is 11.3 Å². The van der Waals surface area contributed by atoms with Gasteiger partial charge in [0.25, 0.3) is 11.8 Å². The van der Waals surface area contributed by atoms with Crippen molar-refractivity contribution in [2.24, 2.45) is 0 Å². The average Bonchev–Trinajstić information content (AvgIpc) is 3.14. The molecule has 166 valence electrons. The number of amides is 1. The van der Waals surface area contributed by atoms with Crippen LogP contribution in [0.5, 0.6) is 0 Å². The van der Waals surface area contributed by atoms with E-state index < -0.39 is 36.4 Å². The Bertz CT molecular complexity index is 1200. The fourth-order valence-corrected chi connectivity index (χ4v) is 4.75. The molecule has 1 aliphatic heterocycles. The van der Waals surface area contributed by atoms with Crippen LogP contribution in [0.1, 0.15) is 33.6 Å². The van der Waals surface area contributed by atoms with E-state index in [1.54, 1.807) is 12.1 Å². The summed E-state index contributed by atoms with van der Waals surface area (Å²) >= 11 is 0.935. The van der Waals surface area contributed by atoms with Crippen molar-refractivity contribution in [2.45, 2.75) is 31.4 Å². The van der Waals surface area contributed by atoms with E-state index in [0.717, 1.165) is 17.4 Å². The SMILES string of the molecule is N#CCc1cc2cc(-c3ccc(C(=O)N4CCC(F)(F)CC4)cn3)cc(C(F)(F)F)c2s1. The van der Waals surface area contributed by atoms with Crippen molar-refractivity contribution >= 4 is 27.3 Å². The van der Waals surface area contributed by atoms with Gasteiger partial charge in [0.2, 0.25) is 0 Å². The standard InChI is InChI=1S/C22H16F5N3OS/c23-21(24)4-7-30(8-5-21)20(31)13-1-2-18(29-12-13)14-9-15-10-16(3-6-28)32-19(15)17(11-14)22(25,26)27/h1-2,9-12H,3-5,7-8H2. The lowest BCUT2D eigenvalue weighted by Gasteiger charge is -2.31. The zero-order valence-electron chi connectivity index (χ0n) is 16.5. The topological polar surface area (TPSA) is 57.0 Å². The van der Waals surface area contributed by atoms with Crippen LogP contribution in [0.4, 0.5) is 22.0 Å². The quantitative estimate of drug-likeness (QED) is 0.451. The summed E-state index contributed by atoms with van der Waals surface area (Å²) < 4.78 is 67.6. The number of hydrogen-bond acceptors (Lipinski definition) is 4. The lowest BCUT2D eigenvalue weighted by atomic mass is 10.0. The van der Waals surface area contributed by atoms with Gasteiger partial charge in [0, 0.05) is 47.3 Å². The maximum Gasteiger partial charge on any atom is 0.417 e. The third kappa shape index (κ3) is 4.43. The number of aromatic nitrogens is 1. The minimum absolute atomic E-state index is 0.0173. The van der Waals surface area contributed by atoms with E-state index in [4.69, 9.17) is 5.26 Å². The first kappa shape index (κ1) is 22.1. The van der Waals surface area contributed by atoms with Crippen LogP contribution in [-0.4, -0.2) is 34.8 Å². The van der Waals surface area contributed by atoms with E-state index >= 15 is 0 Å². The number of thiophene rings is 1. The lowest BCUT2D eigenvalue weighted by molar-refractivity contribution is -0.136. The number of likely N-dealkylation sites (tertiary alicyclic amines) is 1. The molecule has 0 atom stereocenters. The van der Waals surface area contributed by atoms with Gasteiger partial charge in [-0.1, -0.05) is 0 Å². The maximum absolute atomic E-state index is 13.7. The number of alkyl halides is 5. The molecule has 1 aliphatic rings. The molecule has 0 unspecified atom stereocenters. The van der Waals surface area contributed by atoms with Crippen LogP contribution in [0.3, 0.4) is 0 Å². The molecule has 0 bridgehead atoms. The highest BCUT2D eigenvalue weighted by atomic mass is 32.1. The number of nitrogens with zero attached hydrogens (tertiary/aromatic N) is 3. The molecule has 0 aliphatic carbocycles. The summed E-state index contributed by atoms with van der Waals surface area (Å²) in [7, 11) is 0. The van der Waals surface area contributed by atoms with Gasteiger partial charge in [-0.3, -0.25) is 9.78 Å². The van der Waals surface area contributed by atoms with E-state index in [1.165, 1.54) is 23.2 Å². The Hall–Kier alpha value is -3.06. The van der Waals surface area contributed by atoms with E-state index in [9.17, 15) is 26.7 Å². The van der Waals surface area contributed by atoms with Crippen LogP contribution in [0.2, 0.25) is 0 Å². The molecule has 1 aromatic carbocycles. The molecule has 4 rings (SSSR count). The molecule has 0 N–H and O–H groups in total. The Kier molecular flexibility index (Phi) is 5.63. The number of benzene rings is 1. The summed E-state index contributed by atoms with van der Waals surface area (Å²) in [6, 6.07) is 8.95. The van der Waals surface area contributed by atoms with Crippen LogP contribution in [-0.2, 0) is 12.6 Å². The highest BCUT2D eigenvalue weighted by Crippen LogP contribution is 2.41. The molecule has 1 fully saturated rings. The number of halogens is 5. The van der Waals surface area contributed by atoms with Crippen LogP contribution < -0.4 is 0 Å². The minimum atomic E-state index is -4.59. The summed E-state index contributed by atoms with van der Waals surface area (Å²) in [6.45, 7) is -0.134. The number of rotatable bonds is 3. The molecule has 1 amide bonds. The molecule has 3 aromatic rings. The van der Waals surface area contributed by atoms with Crippen molar-refractivity contribution in [3.63, 3.8) is 0 Å². The van der Waals surface area contributed by atoms with Crippen molar-refractivity contribution in [1.82, 2.24) is 9.88 Å². The predicted molar refractivity (Wildman–Crippen MR) is 109 cm³/mol. The Morgan fingerprint density at radius 1 is 1.19 bits per heavy atom. The highest BCUT2D eigenvalue weighted by Gasteiger charge is 2.36. The first-order valence-electron chi connectivity index (χ1n) is 9.71. The van der Waals surface area contributed by atoms with Crippen LogP contribution in [0.25, 0.3) is 21.3 Å². The van der Waals surface area contributed by atoms with Gasteiger partial charge >= 0.3 is 6.18 Å². The van der Waals surface area contributed by atoms with Crippen molar-refractivity contribution in [1.29, 1.82) is 5.26 Å². The molecule has 3 heterocycles. The van der Waals surface area contributed by atoms with Crippen molar-refractivity contribution in [3.05, 3.63) is 52.5 Å². The number of nitriles is 1. The molecule has 2 aromatic heterocycles. The van der Waals surface area contributed by atoms with E-state index in [1.807, 2.05) is 6.07 Å². The van der Waals surface area contributed by atoms with Gasteiger partial charge in [0.05, 0.1) is 29.3 Å². The second kappa shape index (κ2) is 8.13. The van der Waals surface area contributed by atoms with Gasteiger partial charge < -0.3 is 4.90 Å². The van der Waals surface area contributed by atoms with Crippen molar-refractivity contribution in [2.75, 3.05) is 13.1 Å². The van der Waals surface area contributed by atoms with Crippen molar-refractivity contribution < 1.29 is 26.7 Å². The predicted octanol–water partition coefficient (Wildman–Crippen LogP) is 5.92. The zero-order chi connectivity index (χ0) is 23.1. The summed E-state index contributed by atoms with van der Waals surface area (Å²) in [6.07, 6.45) is -4.13. The summed E-state index contributed by atoms with van der Waals surface area (Å²) in [5.41, 5.74) is -0.159. The summed E-state index contributed by atoms with van der Waals surface area (Å²) in [5.74, 6) is -3.22. The third-order valence-electron chi connectivity index (χ3n) is 5.31. The molecule has 32 heavy (non-hydrogen) atoms. The molecule has 4 nitrogen and oxygen atoms in total. The number of piperidine rings is 1. The molecule has 10 heteroatoms. The van der Waals surface area contributed by atoms with E-state index in [-0.39, 0.29) is 41.0 Å². The van der Waals surface area contributed by atoms with Gasteiger partial charge in [-0.15, -0.1) is 11.3 Å². The van der Waals surface area contributed by atoms with E-state index in [0.29, 0.717) is 10.3 Å². The molecule has 0 spiro atoms. The second-order valence-corrected chi connectivity index (χ2v) is 8.70. The van der Waals surface area contributed by atoms with Gasteiger partial charge in [-0.05, 0) is 35.7 Å². The molecule has 0 radical (unpaired) electrons.